The molecule has 0 fully saturated rings. The van der Waals surface area contributed by atoms with Gasteiger partial charge < -0.3 is 13.3 Å². The predicted molar refractivity (Wildman–Crippen MR) is 60.3 cm³/mol. The van der Waals surface area contributed by atoms with Crippen molar-refractivity contribution in [3.63, 3.8) is 0 Å². The normalized spacial score (nSPS) is 13.3. The third-order valence-electron chi connectivity index (χ3n) is 2.46. The molecule has 0 aromatic carbocycles. The molecule has 0 spiro atoms. The number of rotatable bonds is 7. The molecule has 0 atom stereocenters. The Morgan fingerprint density at radius 3 is 1.86 bits per heavy atom. The maximum absolute atomic E-state index is 6.01. The standard InChI is InChI=1S/C10H24O3Si/c1-7-9-14(11-5,12-6)13-10(3,4)8-2/h7-9H2,1-6H3. The molecule has 0 radical (unpaired) electrons. The minimum atomic E-state index is -2.40. The van der Waals surface area contributed by atoms with Crippen molar-refractivity contribution in [3.05, 3.63) is 0 Å². The Morgan fingerprint density at radius 2 is 1.57 bits per heavy atom. The van der Waals surface area contributed by atoms with Gasteiger partial charge in [0.2, 0.25) is 0 Å². The predicted octanol–water partition coefficient (Wildman–Crippen LogP) is 2.83. The van der Waals surface area contributed by atoms with Gasteiger partial charge in [-0.05, 0) is 20.3 Å². The molecule has 0 saturated heterocycles. The Morgan fingerprint density at radius 1 is 1.07 bits per heavy atom. The molecule has 0 N–H and O–H groups in total. The van der Waals surface area contributed by atoms with Gasteiger partial charge >= 0.3 is 8.80 Å². The van der Waals surface area contributed by atoms with E-state index in [4.69, 9.17) is 13.3 Å². The third-order valence-corrected chi connectivity index (χ3v) is 5.68. The summed E-state index contributed by atoms with van der Waals surface area (Å²) in [5, 5.41) is 0. The van der Waals surface area contributed by atoms with E-state index < -0.39 is 8.80 Å². The zero-order chi connectivity index (χ0) is 11.2. The van der Waals surface area contributed by atoms with E-state index in [1.54, 1.807) is 14.2 Å². The van der Waals surface area contributed by atoms with E-state index >= 15 is 0 Å². The van der Waals surface area contributed by atoms with Crippen LogP contribution in [0.1, 0.15) is 40.5 Å². The molecule has 4 heteroatoms. The van der Waals surface area contributed by atoms with Gasteiger partial charge in [-0.3, -0.25) is 0 Å². The van der Waals surface area contributed by atoms with Crippen LogP contribution in [0, 0.1) is 0 Å². The van der Waals surface area contributed by atoms with Crippen molar-refractivity contribution < 1.29 is 13.3 Å². The van der Waals surface area contributed by atoms with Crippen molar-refractivity contribution in [1.82, 2.24) is 0 Å². The van der Waals surface area contributed by atoms with Crippen molar-refractivity contribution in [2.24, 2.45) is 0 Å². The van der Waals surface area contributed by atoms with Crippen LogP contribution in [-0.4, -0.2) is 28.6 Å². The summed E-state index contributed by atoms with van der Waals surface area (Å²) in [5.41, 5.74) is -0.159. The Kier molecular flexibility index (Phi) is 5.89. The lowest BCUT2D eigenvalue weighted by atomic mass is 10.1. The van der Waals surface area contributed by atoms with Gasteiger partial charge in [0, 0.05) is 20.3 Å². The molecule has 14 heavy (non-hydrogen) atoms. The molecular weight excluding hydrogens is 196 g/mol. The summed E-state index contributed by atoms with van der Waals surface area (Å²) >= 11 is 0. The minimum absolute atomic E-state index is 0.159. The SMILES string of the molecule is CCC[Si](OC)(OC)OC(C)(C)CC. The highest BCUT2D eigenvalue weighted by molar-refractivity contribution is 6.60. The fourth-order valence-electron chi connectivity index (χ4n) is 1.22. The summed E-state index contributed by atoms with van der Waals surface area (Å²) < 4.78 is 16.9. The van der Waals surface area contributed by atoms with Crippen LogP contribution in [-0.2, 0) is 13.3 Å². The lowest BCUT2D eigenvalue weighted by Crippen LogP contribution is -2.49. The number of hydrogen-bond acceptors (Lipinski definition) is 3. The van der Waals surface area contributed by atoms with Gasteiger partial charge in [-0.25, -0.2) is 0 Å². The van der Waals surface area contributed by atoms with Crippen LogP contribution >= 0.6 is 0 Å². The molecule has 0 aliphatic rings. The molecule has 0 rings (SSSR count). The quantitative estimate of drug-likeness (QED) is 0.617. The van der Waals surface area contributed by atoms with E-state index in [2.05, 4.69) is 27.7 Å². The van der Waals surface area contributed by atoms with E-state index in [9.17, 15) is 0 Å². The molecule has 0 aliphatic carbocycles. The Hall–Kier alpha value is 0.0969. The molecule has 86 valence electrons. The van der Waals surface area contributed by atoms with E-state index in [1.165, 1.54) is 0 Å². The van der Waals surface area contributed by atoms with Crippen LogP contribution in [0.5, 0.6) is 0 Å². The molecule has 0 bridgehead atoms. The van der Waals surface area contributed by atoms with Gasteiger partial charge in [-0.15, -0.1) is 0 Å². The third kappa shape index (κ3) is 4.08. The van der Waals surface area contributed by atoms with Crippen molar-refractivity contribution in [2.45, 2.75) is 52.2 Å². The lowest BCUT2D eigenvalue weighted by molar-refractivity contribution is 0.00306. The Labute approximate surface area is 89.1 Å². The molecule has 3 nitrogen and oxygen atoms in total. The van der Waals surface area contributed by atoms with Gasteiger partial charge in [0.05, 0.1) is 5.60 Å². The van der Waals surface area contributed by atoms with Crippen LogP contribution in [0.4, 0.5) is 0 Å². The van der Waals surface area contributed by atoms with Gasteiger partial charge in [-0.2, -0.15) is 0 Å². The van der Waals surface area contributed by atoms with Gasteiger partial charge in [0.1, 0.15) is 0 Å². The maximum Gasteiger partial charge on any atom is 0.500 e. The smallest absolute Gasteiger partial charge is 0.377 e. The second-order valence-corrected chi connectivity index (χ2v) is 6.94. The van der Waals surface area contributed by atoms with Gasteiger partial charge in [0.15, 0.2) is 0 Å². The summed E-state index contributed by atoms with van der Waals surface area (Å²) in [4.78, 5) is 0. The van der Waals surface area contributed by atoms with Crippen molar-refractivity contribution in [2.75, 3.05) is 14.2 Å². The summed E-state index contributed by atoms with van der Waals surface area (Å²) in [6.07, 6.45) is 1.98. The molecule has 0 aromatic heterocycles. The summed E-state index contributed by atoms with van der Waals surface area (Å²) in [7, 11) is 0.956. The number of hydrogen-bond donors (Lipinski definition) is 0. The maximum atomic E-state index is 6.01. The van der Waals surface area contributed by atoms with Crippen molar-refractivity contribution in [1.29, 1.82) is 0 Å². The summed E-state index contributed by atoms with van der Waals surface area (Å²) in [6, 6.07) is 0.878. The van der Waals surface area contributed by atoms with E-state index in [0.29, 0.717) is 0 Å². The van der Waals surface area contributed by atoms with Crippen molar-refractivity contribution >= 4 is 8.80 Å². The van der Waals surface area contributed by atoms with Crippen LogP contribution in [0.15, 0.2) is 0 Å². The fourth-order valence-corrected chi connectivity index (χ4v) is 3.66. The van der Waals surface area contributed by atoms with Gasteiger partial charge in [-0.1, -0.05) is 20.3 Å². The first kappa shape index (κ1) is 14.1. The first-order chi connectivity index (χ1) is 6.45. The second kappa shape index (κ2) is 5.85. The largest absolute Gasteiger partial charge is 0.500 e. The fraction of sp³-hybridized carbons (Fsp3) is 1.00. The van der Waals surface area contributed by atoms with Crippen LogP contribution in [0.3, 0.4) is 0 Å². The van der Waals surface area contributed by atoms with Crippen LogP contribution in [0.25, 0.3) is 0 Å². The van der Waals surface area contributed by atoms with Crippen LogP contribution < -0.4 is 0 Å². The van der Waals surface area contributed by atoms with Crippen LogP contribution in [0.2, 0.25) is 6.04 Å². The highest BCUT2D eigenvalue weighted by atomic mass is 28.4. The minimum Gasteiger partial charge on any atom is -0.377 e. The summed E-state index contributed by atoms with van der Waals surface area (Å²) in [6.45, 7) is 8.36. The molecule has 0 saturated carbocycles. The van der Waals surface area contributed by atoms with E-state index in [0.717, 1.165) is 18.9 Å². The first-order valence-corrected chi connectivity index (χ1v) is 7.19. The van der Waals surface area contributed by atoms with E-state index in [-0.39, 0.29) is 5.60 Å². The van der Waals surface area contributed by atoms with Gasteiger partial charge in [0.25, 0.3) is 0 Å². The Balaban J connectivity index is 4.49. The molecule has 0 heterocycles. The monoisotopic (exact) mass is 220 g/mol. The topological polar surface area (TPSA) is 27.7 Å². The molecule has 0 unspecified atom stereocenters. The average Bonchev–Trinajstić information content (AvgIpc) is 2.17. The molecular formula is C10H24O3Si. The molecule has 0 amide bonds. The average molecular weight is 220 g/mol. The Bertz CT molecular complexity index is 155. The molecule has 0 aliphatic heterocycles. The summed E-state index contributed by atoms with van der Waals surface area (Å²) in [5.74, 6) is 0. The first-order valence-electron chi connectivity index (χ1n) is 5.25. The lowest BCUT2D eigenvalue weighted by Gasteiger charge is -2.35. The van der Waals surface area contributed by atoms with E-state index in [1.807, 2.05) is 0 Å². The zero-order valence-electron chi connectivity index (χ0n) is 10.3. The highest BCUT2D eigenvalue weighted by Gasteiger charge is 2.42. The second-order valence-electron chi connectivity index (χ2n) is 4.06. The molecule has 0 aromatic rings. The highest BCUT2D eigenvalue weighted by Crippen LogP contribution is 2.25. The van der Waals surface area contributed by atoms with Crippen molar-refractivity contribution in [3.8, 4) is 0 Å². The zero-order valence-corrected chi connectivity index (χ0v) is 11.3.